The molecule has 1 aromatic heterocycles. The zero-order valence-electron chi connectivity index (χ0n) is 12.2. The molecule has 0 spiro atoms. The molecule has 2 aromatic rings. The molecule has 2 N–H and O–H groups in total. The summed E-state index contributed by atoms with van der Waals surface area (Å²) in [5.74, 6) is 0.401. The second-order valence-corrected chi connectivity index (χ2v) is 6.45. The molecule has 1 amide bonds. The van der Waals surface area contributed by atoms with E-state index < -0.39 is 0 Å². The van der Waals surface area contributed by atoms with E-state index in [-0.39, 0.29) is 5.91 Å². The van der Waals surface area contributed by atoms with Crippen molar-refractivity contribution in [3.05, 3.63) is 58.3 Å². The first kappa shape index (κ1) is 15.0. The van der Waals surface area contributed by atoms with Gasteiger partial charge in [0.25, 0.3) is 5.91 Å². The van der Waals surface area contributed by atoms with Gasteiger partial charge in [-0.05, 0) is 59.2 Å². The molecule has 0 atom stereocenters. The van der Waals surface area contributed by atoms with Crippen molar-refractivity contribution in [3.63, 3.8) is 0 Å². The van der Waals surface area contributed by atoms with Crippen molar-refractivity contribution < 1.29 is 4.79 Å². The summed E-state index contributed by atoms with van der Waals surface area (Å²) in [6, 6.07) is 12.4. The Labute approximate surface area is 138 Å². The lowest BCUT2D eigenvalue weighted by atomic mass is 9.83. The van der Waals surface area contributed by atoms with Crippen LogP contribution in [0.5, 0.6) is 0 Å². The average Bonchev–Trinajstić information content (AvgIpc) is 3.00. The van der Waals surface area contributed by atoms with Crippen molar-refractivity contribution in [1.29, 1.82) is 0 Å². The van der Waals surface area contributed by atoms with E-state index in [1.165, 1.54) is 5.56 Å². The van der Waals surface area contributed by atoms with Crippen molar-refractivity contribution in [2.75, 3.05) is 0 Å². The van der Waals surface area contributed by atoms with Gasteiger partial charge in [-0.3, -0.25) is 4.79 Å². The molecule has 1 aliphatic carbocycles. The van der Waals surface area contributed by atoms with Crippen LogP contribution in [0.3, 0.4) is 0 Å². The first-order valence-corrected chi connectivity index (χ1v) is 8.26. The summed E-state index contributed by atoms with van der Waals surface area (Å²) in [6.45, 7) is 0. The molecule has 0 radical (unpaired) electrons. The predicted octanol–water partition coefficient (Wildman–Crippen LogP) is 4.22. The van der Waals surface area contributed by atoms with Crippen molar-refractivity contribution in [2.24, 2.45) is 5.10 Å². The van der Waals surface area contributed by atoms with Gasteiger partial charge >= 0.3 is 0 Å². The number of rotatable bonds is 3. The number of aromatic nitrogens is 1. The van der Waals surface area contributed by atoms with Gasteiger partial charge in [-0.25, -0.2) is 5.43 Å². The van der Waals surface area contributed by atoms with E-state index in [9.17, 15) is 4.79 Å². The molecule has 0 bridgehead atoms. The maximum absolute atomic E-state index is 11.9. The number of carbonyl (C=O) groups excluding carboxylic acids is 1. The van der Waals surface area contributed by atoms with Crippen LogP contribution in [0, 0.1) is 0 Å². The Bertz CT molecular complexity index is 668. The van der Waals surface area contributed by atoms with Crippen LogP contribution in [0.1, 0.15) is 47.7 Å². The standard InChI is InChI=1S/C17H18BrN3O/c18-14-10-16(19-11-14)17(22)21-20-15-8-6-13(7-9-15)12-4-2-1-3-5-12/h1-5,10-11,13,19H,6-9H2,(H,21,22). The van der Waals surface area contributed by atoms with Gasteiger partial charge < -0.3 is 4.98 Å². The van der Waals surface area contributed by atoms with E-state index in [1.54, 1.807) is 12.3 Å². The molecular weight excluding hydrogens is 342 g/mol. The highest BCUT2D eigenvalue weighted by Gasteiger charge is 2.19. The summed E-state index contributed by atoms with van der Waals surface area (Å²) in [4.78, 5) is 14.8. The minimum absolute atomic E-state index is 0.205. The first-order chi connectivity index (χ1) is 10.7. The number of nitrogens with one attached hydrogen (secondary N) is 2. The molecule has 0 aliphatic heterocycles. The summed E-state index contributed by atoms with van der Waals surface area (Å²) >= 11 is 3.31. The molecule has 1 aliphatic rings. The normalized spacial score (nSPS) is 18.0. The minimum atomic E-state index is -0.205. The van der Waals surface area contributed by atoms with Crippen LogP contribution < -0.4 is 5.43 Å². The predicted molar refractivity (Wildman–Crippen MR) is 91.0 cm³/mol. The van der Waals surface area contributed by atoms with Gasteiger partial charge in [0.05, 0.1) is 0 Å². The molecule has 114 valence electrons. The second-order valence-electron chi connectivity index (χ2n) is 5.54. The number of benzene rings is 1. The number of carbonyl (C=O) groups is 1. The van der Waals surface area contributed by atoms with Crippen LogP contribution in [0.15, 0.2) is 52.2 Å². The van der Waals surface area contributed by atoms with Crippen molar-refractivity contribution in [3.8, 4) is 0 Å². The minimum Gasteiger partial charge on any atom is -0.356 e. The third kappa shape index (κ3) is 3.65. The Hall–Kier alpha value is -1.88. The largest absolute Gasteiger partial charge is 0.356 e. The van der Waals surface area contributed by atoms with E-state index in [0.717, 1.165) is 35.9 Å². The van der Waals surface area contributed by atoms with Crippen molar-refractivity contribution in [2.45, 2.75) is 31.6 Å². The number of aromatic amines is 1. The molecule has 0 unspecified atom stereocenters. The van der Waals surface area contributed by atoms with Crippen molar-refractivity contribution >= 4 is 27.5 Å². The van der Waals surface area contributed by atoms with Gasteiger partial charge in [0.2, 0.25) is 0 Å². The van der Waals surface area contributed by atoms with E-state index in [0.29, 0.717) is 11.6 Å². The quantitative estimate of drug-likeness (QED) is 0.791. The van der Waals surface area contributed by atoms with Crippen LogP contribution >= 0.6 is 15.9 Å². The Balaban J connectivity index is 1.54. The van der Waals surface area contributed by atoms with Gasteiger partial charge in [0, 0.05) is 16.4 Å². The van der Waals surface area contributed by atoms with Crippen molar-refractivity contribution in [1.82, 2.24) is 10.4 Å². The van der Waals surface area contributed by atoms with E-state index in [2.05, 4.69) is 55.7 Å². The summed E-state index contributed by atoms with van der Waals surface area (Å²) < 4.78 is 0.855. The monoisotopic (exact) mass is 359 g/mol. The highest BCUT2D eigenvalue weighted by atomic mass is 79.9. The fraction of sp³-hybridized carbons (Fsp3) is 0.294. The molecule has 1 fully saturated rings. The van der Waals surface area contributed by atoms with Crippen LogP contribution in [-0.2, 0) is 0 Å². The highest BCUT2D eigenvalue weighted by molar-refractivity contribution is 9.10. The molecular formula is C17H18BrN3O. The highest BCUT2D eigenvalue weighted by Crippen LogP contribution is 2.31. The van der Waals surface area contributed by atoms with E-state index >= 15 is 0 Å². The topological polar surface area (TPSA) is 57.2 Å². The third-order valence-electron chi connectivity index (χ3n) is 4.04. The Kier molecular flexibility index (Phi) is 4.73. The summed E-state index contributed by atoms with van der Waals surface area (Å²) in [6.07, 6.45) is 5.79. The molecule has 1 saturated carbocycles. The third-order valence-corrected chi connectivity index (χ3v) is 4.50. The van der Waals surface area contributed by atoms with Crippen LogP contribution in [0.25, 0.3) is 0 Å². The molecule has 0 saturated heterocycles. The van der Waals surface area contributed by atoms with Gasteiger partial charge in [-0.1, -0.05) is 30.3 Å². The maximum atomic E-state index is 11.9. The summed E-state index contributed by atoms with van der Waals surface area (Å²) in [5, 5.41) is 4.28. The van der Waals surface area contributed by atoms with Gasteiger partial charge in [-0.2, -0.15) is 5.10 Å². The number of H-pyrrole nitrogens is 1. The second kappa shape index (κ2) is 6.92. The van der Waals surface area contributed by atoms with E-state index in [4.69, 9.17) is 0 Å². The lowest BCUT2D eigenvalue weighted by molar-refractivity contribution is 0.0950. The number of amides is 1. The summed E-state index contributed by atoms with van der Waals surface area (Å²) in [7, 11) is 0. The lowest BCUT2D eigenvalue weighted by Gasteiger charge is -2.23. The SMILES string of the molecule is O=C(NN=C1CCC(c2ccccc2)CC1)c1cc(Br)c[nH]1. The van der Waals surface area contributed by atoms with Gasteiger partial charge in [-0.15, -0.1) is 0 Å². The van der Waals surface area contributed by atoms with Crippen LogP contribution in [0.4, 0.5) is 0 Å². The van der Waals surface area contributed by atoms with Crippen LogP contribution in [0.2, 0.25) is 0 Å². The number of hydrogen-bond donors (Lipinski definition) is 2. The summed E-state index contributed by atoms with van der Waals surface area (Å²) in [5.41, 5.74) is 5.62. The number of hydrogen-bond acceptors (Lipinski definition) is 2. The molecule has 1 heterocycles. The average molecular weight is 360 g/mol. The molecule has 3 rings (SSSR count). The Morgan fingerprint density at radius 2 is 1.95 bits per heavy atom. The molecule has 22 heavy (non-hydrogen) atoms. The smallest absolute Gasteiger partial charge is 0.287 e. The lowest BCUT2D eigenvalue weighted by Crippen LogP contribution is -2.22. The number of halogens is 1. The maximum Gasteiger partial charge on any atom is 0.287 e. The van der Waals surface area contributed by atoms with Gasteiger partial charge in [0.15, 0.2) is 0 Å². The number of hydrazone groups is 1. The zero-order valence-corrected chi connectivity index (χ0v) is 13.8. The molecule has 4 nitrogen and oxygen atoms in total. The Morgan fingerprint density at radius 3 is 2.59 bits per heavy atom. The fourth-order valence-electron chi connectivity index (χ4n) is 2.81. The fourth-order valence-corrected chi connectivity index (χ4v) is 3.15. The Morgan fingerprint density at radius 1 is 1.23 bits per heavy atom. The molecule has 1 aromatic carbocycles. The molecule has 5 heteroatoms. The first-order valence-electron chi connectivity index (χ1n) is 7.47. The van der Waals surface area contributed by atoms with Gasteiger partial charge in [0.1, 0.15) is 5.69 Å². The van der Waals surface area contributed by atoms with E-state index in [1.807, 2.05) is 6.07 Å². The number of nitrogens with zero attached hydrogens (tertiary/aromatic N) is 1. The van der Waals surface area contributed by atoms with Crippen LogP contribution in [-0.4, -0.2) is 16.6 Å². The zero-order chi connectivity index (χ0) is 15.4.